The molecule has 2 unspecified atom stereocenters. The number of amides is 1. The number of hydrogen-bond acceptors (Lipinski definition) is 5. The second-order valence-electron chi connectivity index (χ2n) is 4.40. The highest BCUT2D eigenvalue weighted by Crippen LogP contribution is 2.27. The van der Waals surface area contributed by atoms with E-state index in [0.717, 1.165) is 30.6 Å². The van der Waals surface area contributed by atoms with Gasteiger partial charge in [-0.2, -0.15) is 0 Å². The minimum atomic E-state index is -0.486. The minimum absolute atomic E-state index is 0.0121. The topological polar surface area (TPSA) is 98.3 Å². The number of carbonyl (C=O) groups excluding carboxylic acids is 1. The van der Waals surface area contributed by atoms with Crippen LogP contribution in [0.15, 0.2) is 12.1 Å². The molecule has 0 aliphatic heterocycles. The average Bonchev–Trinajstić information content (AvgIpc) is 2.96. The molecule has 2 rings (SSSR count). The minimum Gasteiger partial charge on any atom is -0.348 e. The molecule has 2 atom stereocenters. The monoisotopic (exact) mass is 269 g/mol. The Hall–Kier alpha value is -1.47. The maximum atomic E-state index is 11.9. The van der Waals surface area contributed by atoms with E-state index in [-0.39, 0.29) is 17.0 Å². The van der Waals surface area contributed by atoms with Gasteiger partial charge in [-0.05, 0) is 31.4 Å². The third kappa shape index (κ3) is 2.68. The van der Waals surface area contributed by atoms with Crippen molar-refractivity contribution in [2.24, 2.45) is 11.7 Å². The zero-order valence-electron chi connectivity index (χ0n) is 9.80. The maximum absolute atomic E-state index is 11.9. The highest BCUT2D eigenvalue weighted by atomic mass is 32.1. The fraction of sp³-hybridized carbons (Fsp3) is 0.545. The molecule has 0 radical (unpaired) electrons. The van der Waals surface area contributed by atoms with Crippen molar-refractivity contribution in [3.63, 3.8) is 0 Å². The third-order valence-electron chi connectivity index (χ3n) is 3.27. The SMILES string of the molecule is NCC1CCCC1NC(=O)c1ccc([N+](=O)[O-])s1. The van der Waals surface area contributed by atoms with E-state index in [9.17, 15) is 14.9 Å². The van der Waals surface area contributed by atoms with Crippen molar-refractivity contribution in [1.82, 2.24) is 5.32 Å². The van der Waals surface area contributed by atoms with Gasteiger partial charge in [-0.3, -0.25) is 14.9 Å². The molecule has 1 amide bonds. The molecule has 0 bridgehead atoms. The van der Waals surface area contributed by atoms with E-state index in [1.54, 1.807) is 0 Å². The summed E-state index contributed by atoms with van der Waals surface area (Å²) in [4.78, 5) is 22.4. The first kappa shape index (κ1) is 13.0. The van der Waals surface area contributed by atoms with E-state index in [0.29, 0.717) is 17.3 Å². The Morgan fingerprint density at radius 3 is 2.94 bits per heavy atom. The van der Waals surface area contributed by atoms with Crippen LogP contribution in [0.5, 0.6) is 0 Å². The zero-order valence-corrected chi connectivity index (χ0v) is 10.6. The van der Waals surface area contributed by atoms with Gasteiger partial charge in [-0.25, -0.2) is 0 Å². The van der Waals surface area contributed by atoms with Gasteiger partial charge in [0.25, 0.3) is 5.91 Å². The van der Waals surface area contributed by atoms with Gasteiger partial charge in [0.05, 0.1) is 9.80 Å². The van der Waals surface area contributed by atoms with Crippen LogP contribution in [0.4, 0.5) is 5.00 Å². The Morgan fingerprint density at radius 1 is 1.56 bits per heavy atom. The molecule has 7 heteroatoms. The van der Waals surface area contributed by atoms with Crippen LogP contribution in [-0.2, 0) is 0 Å². The molecule has 0 spiro atoms. The molecule has 98 valence electrons. The van der Waals surface area contributed by atoms with E-state index in [2.05, 4.69) is 5.32 Å². The summed E-state index contributed by atoms with van der Waals surface area (Å²) in [5, 5.41) is 13.5. The van der Waals surface area contributed by atoms with Crippen molar-refractivity contribution in [3.05, 3.63) is 27.1 Å². The van der Waals surface area contributed by atoms with Crippen LogP contribution in [0.1, 0.15) is 28.9 Å². The van der Waals surface area contributed by atoms with Crippen LogP contribution in [0.2, 0.25) is 0 Å². The lowest BCUT2D eigenvalue weighted by Gasteiger charge is -2.18. The van der Waals surface area contributed by atoms with Crippen molar-refractivity contribution < 1.29 is 9.72 Å². The predicted octanol–water partition coefficient (Wildman–Crippen LogP) is 1.51. The van der Waals surface area contributed by atoms with E-state index in [4.69, 9.17) is 5.73 Å². The first-order chi connectivity index (χ1) is 8.61. The fourth-order valence-electron chi connectivity index (χ4n) is 2.30. The van der Waals surface area contributed by atoms with Gasteiger partial charge in [0, 0.05) is 12.1 Å². The van der Waals surface area contributed by atoms with Gasteiger partial charge in [0.2, 0.25) is 0 Å². The van der Waals surface area contributed by atoms with Crippen molar-refractivity contribution in [2.75, 3.05) is 6.54 Å². The van der Waals surface area contributed by atoms with E-state index in [1.807, 2.05) is 0 Å². The number of carbonyl (C=O) groups is 1. The molecule has 0 aromatic carbocycles. The molecule has 1 aromatic heterocycles. The Bertz CT molecular complexity index is 460. The standard InChI is InChI=1S/C11H15N3O3S/c12-6-7-2-1-3-8(7)13-11(15)9-4-5-10(18-9)14(16)17/h4-5,7-8H,1-3,6,12H2,(H,13,15). The first-order valence-electron chi connectivity index (χ1n) is 5.87. The lowest BCUT2D eigenvalue weighted by Crippen LogP contribution is -2.39. The molecular weight excluding hydrogens is 254 g/mol. The lowest BCUT2D eigenvalue weighted by molar-refractivity contribution is -0.380. The molecular formula is C11H15N3O3S. The van der Waals surface area contributed by atoms with E-state index >= 15 is 0 Å². The van der Waals surface area contributed by atoms with Gasteiger partial charge in [0.1, 0.15) is 0 Å². The van der Waals surface area contributed by atoms with E-state index in [1.165, 1.54) is 12.1 Å². The summed E-state index contributed by atoms with van der Waals surface area (Å²) in [5.41, 5.74) is 5.64. The second kappa shape index (κ2) is 5.45. The van der Waals surface area contributed by atoms with Gasteiger partial charge in [0.15, 0.2) is 0 Å². The molecule has 6 nitrogen and oxygen atoms in total. The Morgan fingerprint density at radius 2 is 2.33 bits per heavy atom. The molecule has 1 aliphatic rings. The number of nitrogens with two attached hydrogens (primary N) is 1. The Balaban J connectivity index is 2.00. The molecule has 18 heavy (non-hydrogen) atoms. The fourth-order valence-corrected chi connectivity index (χ4v) is 3.02. The summed E-state index contributed by atoms with van der Waals surface area (Å²) in [6, 6.07) is 2.95. The molecule has 1 fully saturated rings. The van der Waals surface area contributed by atoms with Crippen LogP contribution < -0.4 is 11.1 Å². The highest BCUT2D eigenvalue weighted by molar-refractivity contribution is 7.17. The zero-order chi connectivity index (χ0) is 13.1. The summed E-state index contributed by atoms with van der Waals surface area (Å²) >= 11 is 0.899. The highest BCUT2D eigenvalue weighted by Gasteiger charge is 2.28. The average molecular weight is 269 g/mol. The number of nitro groups is 1. The molecule has 1 aliphatic carbocycles. The number of nitrogens with one attached hydrogen (secondary N) is 1. The van der Waals surface area contributed by atoms with Crippen LogP contribution in [0.25, 0.3) is 0 Å². The van der Waals surface area contributed by atoms with Crippen molar-refractivity contribution in [1.29, 1.82) is 0 Å². The van der Waals surface area contributed by atoms with Gasteiger partial charge < -0.3 is 11.1 Å². The molecule has 1 saturated carbocycles. The maximum Gasteiger partial charge on any atom is 0.324 e. The Labute approximate surface area is 108 Å². The third-order valence-corrected chi connectivity index (χ3v) is 4.31. The Kier molecular flexibility index (Phi) is 3.93. The molecule has 1 heterocycles. The molecule has 1 aromatic rings. The van der Waals surface area contributed by atoms with Gasteiger partial charge >= 0.3 is 5.00 Å². The summed E-state index contributed by atoms with van der Waals surface area (Å²) in [6.45, 7) is 0.565. The van der Waals surface area contributed by atoms with Gasteiger partial charge in [-0.1, -0.05) is 17.8 Å². The largest absolute Gasteiger partial charge is 0.348 e. The van der Waals surface area contributed by atoms with Crippen LogP contribution >= 0.6 is 11.3 Å². The number of rotatable bonds is 4. The van der Waals surface area contributed by atoms with Crippen LogP contribution in [0.3, 0.4) is 0 Å². The summed E-state index contributed by atoms with van der Waals surface area (Å²) in [6.07, 6.45) is 3.03. The predicted molar refractivity (Wildman–Crippen MR) is 68.6 cm³/mol. The quantitative estimate of drug-likeness (QED) is 0.639. The normalized spacial score (nSPS) is 22.9. The summed E-state index contributed by atoms with van der Waals surface area (Å²) in [7, 11) is 0. The van der Waals surface area contributed by atoms with Crippen LogP contribution in [-0.4, -0.2) is 23.4 Å². The van der Waals surface area contributed by atoms with Crippen molar-refractivity contribution in [2.45, 2.75) is 25.3 Å². The smallest absolute Gasteiger partial charge is 0.324 e. The van der Waals surface area contributed by atoms with Gasteiger partial charge in [-0.15, -0.1) is 0 Å². The van der Waals surface area contributed by atoms with Crippen LogP contribution in [0, 0.1) is 16.0 Å². The number of thiophene rings is 1. The summed E-state index contributed by atoms with van der Waals surface area (Å²) in [5.74, 6) is 0.0855. The molecule has 0 saturated heterocycles. The van der Waals surface area contributed by atoms with Crippen molar-refractivity contribution in [3.8, 4) is 0 Å². The van der Waals surface area contributed by atoms with E-state index < -0.39 is 4.92 Å². The van der Waals surface area contributed by atoms with Crippen molar-refractivity contribution >= 4 is 22.2 Å². The number of hydrogen-bond donors (Lipinski definition) is 2. The summed E-state index contributed by atoms with van der Waals surface area (Å²) < 4.78 is 0. The second-order valence-corrected chi connectivity index (χ2v) is 5.46. The first-order valence-corrected chi connectivity index (χ1v) is 6.68. The molecule has 3 N–H and O–H groups in total. The lowest BCUT2D eigenvalue weighted by atomic mass is 10.0. The number of nitrogens with zero attached hydrogens (tertiary/aromatic N) is 1.